The van der Waals surface area contributed by atoms with Crippen molar-refractivity contribution in [1.29, 1.82) is 0 Å². The molecule has 0 atom stereocenters. The van der Waals surface area contributed by atoms with Gasteiger partial charge < -0.3 is 10.6 Å². The average Bonchev–Trinajstić information content (AvgIpc) is 2.44. The summed E-state index contributed by atoms with van der Waals surface area (Å²) in [6.07, 6.45) is 1.71. The Morgan fingerprint density at radius 2 is 1.74 bits per heavy atom. The molecule has 2 aromatic rings. The molecule has 102 valence electrons. The number of nitrogens with zero attached hydrogens (tertiary/aromatic N) is 3. The average molecular weight is 279 g/mol. The van der Waals surface area contributed by atoms with Gasteiger partial charge in [0.1, 0.15) is 5.82 Å². The fraction of sp³-hybridized carbons (Fsp3) is 0.286. The third-order valence-corrected chi connectivity index (χ3v) is 2.70. The van der Waals surface area contributed by atoms with Crippen molar-refractivity contribution in [3.05, 3.63) is 41.3 Å². The van der Waals surface area contributed by atoms with E-state index >= 15 is 0 Å². The highest BCUT2D eigenvalue weighted by Crippen LogP contribution is 2.25. The Morgan fingerprint density at radius 3 is 2.32 bits per heavy atom. The lowest BCUT2D eigenvalue weighted by Crippen LogP contribution is -2.13. The molecule has 0 aliphatic rings. The predicted octanol–water partition coefficient (Wildman–Crippen LogP) is 3.81. The van der Waals surface area contributed by atoms with Crippen LogP contribution in [0.1, 0.15) is 19.4 Å². The number of rotatable bonds is 2. The Bertz CT molecular complexity index is 525. The first-order valence-electron chi connectivity index (χ1n) is 6.16. The fourth-order valence-corrected chi connectivity index (χ4v) is 1.70. The van der Waals surface area contributed by atoms with E-state index < -0.39 is 0 Å². The van der Waals surface area contributed by atoms with E-state index in [2.05, 4.69) is 9.97 Å². The molecular formula is C14H19ClN4. The van der Waals surface area contributed by atoms with E-state index in [1.165, 1.54) is 0 Å². The van der Waals surface area contributed by atoms with Crippen LogP contribution in [0.4, 0.5) is 17.2 Å². The van der Waals surface area contributed by atoms with Gasteiger partial charge in [-0.1, -0.05) is 13.8 Å². The zero-order chi connectivity index (χ0) is 14.4. The van der Waals surface area contributed by atoms with Crippen molar-refractivity contribution in [3.8, 4) is 0 Å². The molecule has 1 heterocycles. The Morgan fingerprint density at radius 1 is 1.16 bits per heavy atom. The van der Waals surface area contributed by atoms with E-state index in [4.69, 9.17) is 17.3 Å². The van der Waals surface area contributed by atoms with Gasteiger partial charge in [0.25, 0.3) is 0 Å². The van der Waals surface area contributed by atoms with Crippen LogP contribution in [0.3, 0.4) is 0 Å². The van der Waals surface area contributed by atoms with Crippen molar-refractivity contribution >= 4 is 28.8 Å². The maximum Gasteiger partial charge on any atom is 0.224 e. The summed E-state index contributed by atoms with van der Waals surface area (Å²) in [7, 11) is 1.93. The van der Waals surface area contributed by atoms with Crippen LogP contribution < -0.4 is 10.6 Å². The highest BCUT2D eigenvalue weighted by Gasteiger charge is 2.09. The van der Waals surface area contributed by atoms with Crippen LogP contribution in [-0.4, -0.2) is 17.0 Å². The van der Waals surface area contributed by atoms with Crippen molar-refractivity contribution in [2.75, 3.05) is 17.7 Å². The normalized spacial score (nSPS) is 9.53. The van der Waals surface area contributed by atoms with Gasteiger partial charge in [0.15, 0.2) is 0 Å². The minimum Gasteiger partial charge on any atom is -0.399 e. The summed E-state index contributed by atoms with van der Waals surface area (Å²) < 4.78 is 0. The van der Waals surface area contributed by atoms with Crippen LogP contribution in [0.15, 0.2) is 30.5 Å². The van der Waals surface area contributed by atoms with E-state index in [1.54, 1.807) is 6.20 Å². The molecule has 0 aliphatic carbocycles. The Hall–Kier alpha value is -1.81. The lowest BCUT2D eigenvalue weighted by atomic mass is 10.2. The maximum atomic E-state index is 5.80. The van der Waals surface area contributed by atoms with Crippen molar-refractivity contribution < 1.29 is 0 Å². The zero-order valence-corrected chi connectivity index (χ0v) is 12.4. The number of benzene rings is 1. The maximum absolute atomic E-state index is 5.80. The molecule has 19 heavy (non-hydrogen) atoms. The summed E-state index contributed by atoms with van der Waals surface area (Å²) >= 11 is 5.80. The molecule has 2 rings (SSSR count). The number of hydrogen-bond acceptors (Lipinski definition) is 4. The van der Waals surface area contributed by atoms with Gasteiger partial charge in [-0.05, 0) is 42.8 Å². The summed E-state index contributed by atoms with van der Waals surface area (Å²) in [6.45, 7) is 5.94. The van der Waals surface area contributed by atoms with Crippen molar-refractivity contribution in [2.24, 2.45) is 0 Å². The van der Waals surface area contributed by atoms with Crippen LogP contribution >= 0.6 is 11.6 Å². The van der Waals surface area contributed by atoms with E-state index in [0.29, 0.717) is 0 Å². The Balaban J connectivity index is 0.000000861. The Kier molecular flexibility index (Phi) is 5.57. The van der Waals surface area contributed by atoms with Crippen LogP contribution in [0, 0.1) is 6.92 Å². The largest absolute Gasteiger partial charge is 0.399 e. The molecular weight excluding hydrogens is 260 g/mol. The quantitative estimate of drug-likeness (QED) is 0.670. The third-order valence-electron chi connectivity index (χ3n) is 2.51. The van der Waals surface area contributed by atoms with E-state index in [-0.39, 0.29) is 5.28 Å². The first-order chi connectivity index (χ1) is 9.08. The lowest BCUT2D eigenvalue weighted by molar-refractivity contribution is 1.05. The van der Waals surface area contributed by atoms with Gasteiger partial charge in [0.05, 0.1) is 0 Å². The summed E-state index contributed by atoms with van der Waals surface area (Å²) in [4.78, 5) is 10.1. The highest BCUT2D eigenvalue weighted by molar-refractivity contribution is 6.28. The van der Waals surface area contributed by atoms with Gasteiger partial charge >= 0.3 is 0 Å². The molecule has 4 nitrogen and oxygen atoms in total. The van der Waals surface area contributed by atoms with Gasteiger partial charge in [-0.25, -0.2) is 4.98 Å². The van der Waals surface area contributed by atoms with Crippen LogP contribution in [0.2, 0.25) is 5.28 Å². The minimum atomic E-state index is 0.243. The van der Waals surface area contributed by atoms with Crippen LogP contribution in [0.25, 0.3) is 0 Å². The van der Waals surface area contributed by atoms with E-state index in [0.717, 1.165) is 22.8 Å². The van der Waals surface area contributed by atoms with E-state index in [1.807, 2.05) is 57.0 Å². The molecule has 0 fully saturated rings. The molecule has 0 radical (unpaired) electrons. The summed E-state index contributed by atoms with van der Waals surface area (Å²) in [5.74, 6) is 0.787. The monoisotopic (exact) mass is 278 g/mol. The number of hydrogen-bond donors (Lipinski definition) is 1. The smallest absolute Gasteiger partial charge is 0.224 e. The number of anilines is 3. The number of aryl methyl sites for hydroxylation is 1. The number of nitrogens with two attached hydrogens (primary N) is 1. The molecule has 0 spiro atoms. The van der Waals surface area contributed by atoms with Crippen molar-refractivity contribution in [1.82, 2.24) is 9.97 Å². The molecule has 2 N–H and O–H groups in total. The van der Waals surface area contributed by atoms with Gasteiger partial charge in [-0.2, -0.15) is 4.98 Å². The second-order valence-corrected chi connectivity index (χ2v) is 4.13. The van der Waals surface area contributed by atoms with Crippen molar-refractivity contribution in [2.45, 2.75) is 20.8 Å². The molecule has 0 aliphatic heterocycles. The third kappa shape index (κ3) is 3.83. The second kappa shape index (κ2) is 6.95. The van der Waals surface area contributed by atoms with Gasteiger partial charge in [0.2, 0.25) is 5.28 Å². The second-order valence-electron chi connectivity index (χ2n) is 3.80. The van der Waals surface area contributed by atoms with Gasteiger partial charge in [-0.15, -0.1) is 0 Å². The topological polar surface area (TPSA) is 55.0 Å². The number of aromatic nitrogens is 2. The van der Waals surface area contributed by atoms with E-state index in [9.17, 15) is 0 Å². The first-order valence-corrected chi connectivity index (χ1v) is 6.54. The fourth-order valence-electron chi connectivity index (χ4n) is 1.57. The molecule has 1 aromatic carbocycles. The molecule has 0 amide bonds. The molecule has 0 bridgehead atoms. The molecule has 0 saturated heterocycles. The SMILES string of the molecule is CC.Cc1cnc(Cl)nc1N(C)c1ccc(N)cc1. The summed E-state index contributed by atoms with van der Waals surface area (Å²) in [5, 5.41) is 0.243. The standard InChI is InChI=1S/C12H13ClN4.C2H6/c1-8-7-15-12(13)16-11(8)17(2)10-5-3-9(14)4-6-10;1-2/h3-7H,14H2,1-2H3;1-2H3. The van der Waals surface area contributed by atoms with Gasteiger partial charge in [0, 0.05) is 30.2 Å². The lowest BCUT2D eigenvalue weighted by Gasteiger charge is -2.20. The van der Waals surface area contributed by atoms with Crippen LogP contribution in [0.5, 0.6) is 0 Å². The first kappa shape index (κ1) is 15.2. The van der Waals surface area contributed by atoms with Gasteiger partial charge in [-0.3, -0.25) is 0 Å². The number of nitrogen functional groups attached to an aromatic ring is 1. The number of halogens is 1. The van der Waals surface area contributed by atoms with Crippen molar-refractivity contribution in [3.63, 3.8) is 0 Å². The molecule has 5 heteroatoms. The predicted molar refractivity (Wildman–Crippen MR) is 82.0 cm³/mol. The summed E-state index contributed by atoms with van der Waals surface area (Å²) in [6, 6.07) is 7.57. The zero-order valence-electron chi connectivity index (χ0n) is 11.7. The summed E-state index contributed by atoms with van der Waals surface area (Å²) in [5.41, 5.74) is 8.35. The van der Waals surface area contributed by atoms with Crippen LogP contribution in [-0.2, 0) is 0 Å². The minimum absolute atomic E-state index is 0.243. The molecule has 0 saturated carbocycles. The Labute approximate surface area is 119 Å². The molecule has 1 aromatic heterocycles. The molecule has 0 unspecified atom stereocenters. The highest BCUT2D eigenvalue weighted by atomic mass is 35.5.